The predicted octanol–water partition coefficient (Wildman–Crippen LogP) is 4.14. The second-order valence-electron chi connectivity index (χ2n) is 6.10. The zero-order valence-corrected chi connectivity index (χ0v) is 14.4. The Kier molecular flexibility index (Phi) is 5.59. The third-order valence-electron chi connectivity index (χ3n) is 4.07. The maximum absolute atomic E-state index is 12.5. The molecule has 140 valence electrons. The van der Waals surface area contributed by atoms with Crippen LogP contribution in [0.3, 0.4) is 0 Å². The summed E-state index contributed by atoms with van der Waals surface area (Å²) in [5.41, 5.74) is 1.79. The molecule has 0 spiro atoms. The van der Waals surface area contributed by atoms with E-state index in [4.69, 9.17) is 0 Å². The lowest BCUT2D eigenvalue weighted by Crippen LogP contribution is -2.23. The number of amides is 1. The first-order valence-electron chi connectivity index (χ1n) is 8.43. The Labute approximate surface area is 154 Å². The van der Waals surface area contributed by atoms with E-state index in [0.29, 0.717) is 12.0 Å². The second-order valence-corrected chi connectivity index (χ2v) is 6.10. The second kappa shape index (κ2) is 8.07. The van der Waals surface area contributed by atoms with Crippen molar-refractivity contribution >= 4 is 5.91 Å². The van der Waals surface area contributed by atoms with Crippen molar-refractivity contribution in [3.8, 4) is 5.69 Å². The summed E-state index contributed by atoms with van der Waals surface area (Å²) in [6.07, 6.45) is 0.0490. The van der Waals surface area contributed by atoms with Crippen LogP contribution in [0.15, 0.2) is 67.0 Å². The zero-order chi connectivity index (χ0) is 19.3. The van der Waals surface area contributed by atoms with Gasteiger partial charge in [0.1, 0.15) is 0 Å². The van der Waals surface area contributed by atoms with Crippen LogP contribution >= 0.6 is 0 Å². The molecule has 0 bridgehead atoms. The van der Waals surface area contributed by atoms with E-state index in [1.54, 1.807) is 10.9 Å². The molecule has 0 atom stereocenters. The van der Waals surface area contributed by atoms with Crippen molar-refractivity contribution in [1.29, 1.82) is 0 Å². The van der Waals surface area contributed by atoms with Gasteiger partial charge in [-0.2, -0.15) is 18.3 Å². The van der Waals surface area contributed by atoms with Gasteiger partial charge in [0.25, 0.3) is 0 Å². The minimum absolute atomic E-state index is 0.164. The van der Waals surface area contributed by atoms with Crippen LogP contribution in [0.4, 0.5) is 13.2 Å². The lowest BCUT2D eigenvalue weighted by atomic mass is 10.1. The van der Waals surface area contributed by atoms with Crippen molar-refractivity contribution in [2.45, 2.75) is 25.6 Å². The third-order valence-corrected chi connectivity index (χ3v) is 4.07. The molecule has 0 aliphatic heterocycles. The summed E-state index contributed by atoms with van der Waals surface area (Å²) in [6, 6.07) is 14.4. The van der Waals surface area contributed by atoms with Crippen molar-refractivity contribution in [2.75, 3.05) is 0 Å². The smallest absolute Gasteiger partial charge is 0.352 e. The monoisotopic (exact) mass is 373 g/mol. The molecule has 3 aromatic rings. The fraction of sp³-hybridized carbons (Fsp3) is 0.200. The van der Waals surface area contributed by atoms with Gasteiger partial charge in [0.2, 0.25) is 5.91 Å². The van der Waals surface area contributed by atoms with Crippen molar-refractivity contribution in [2.24, 2.45) is 0 Å². The highest BCUT2D eigenvalue weighted by atomic mass is 19.4. The standard InChI is InChI=1S/C20H18F3N3O/c21-20(22,23)17-9-6-15(7-10-17)12-24-19(27)11-8-16-13-25-26(14-16)18-4-2-1-3-5-18/h1-7,9-10,13-14H,8,11-12H2,(H,24,27). The van der Waals surface area contributed by atoms with Gasteiger partial charge in [-0.1, -0.05) is 30.3 Å². The Morgan fingerprint density at radius 3 is 2.37 bits per heavy atom. The number of halogens is 3. The highest BCUT2D eigenvalue weighted by molar-refractivity contribution is 5.76. The van der Waals surface area contributed by atoms with Crippen LogP contribution in [0, 0.1) is 0 Å². The first-order chi connectivity index (χ1) is 12.9. The number of nitrogens with zero attached hydrogens (tertiary/aromatic N) is 2. The van der Waals surface area contributed by atoms with Crippen LogP contribution in [0.2, 0.25) is 0 Å². The number of aromatic nitrogens is 2. The molecule has 3 rings (SSSR count). The van der Waals surface area contributed by atoms with Gasteiger partial charge < -0.3 is 5.32 Å². The lowest BCUT2D eigenvalue weighted by Gasteiger charge is -2.08. The van der Waals surface area contributed by atoms with Gasteiger partial charge >= 0.3 is 6.18 Å². The maximum atomic E-state index is 12.5. The molecule has 1 heterocycles. The van der Waals surface area contributed by atoms with Gasteiger partial charge in [0, 0.05) is 19.2 Å². The topological polar surface area (TPSA) is 46.9 Å². The molecule has 27 heavy (non-hydrogen) atoms. The van der Waals surface area contributed by atoms with E-state index in [9.17, 15) is 18.0 Å². The molecule has 0 radical (unpaired) electrons. The van der Waals surface area contributed by atoms with Crippen molar-refractivity contribution < 1.29 is 18.0 Å². The van der Waals surface area contributed by atoms with E-state index in [1.165, 1.54) is 12.1 Å². The number of benzene rings is 2. The zero-order valence-electron chi connectivity index (χ0n) is 14.4. The van der Waals surface area contributed by atoms with Crippen LogP contribution in [-0.2, 0) is 23.9 Å². The van der Waals surface area contributed by atoms with Gasteiger partial charge in [-0.05, 0) is 41.8 Å². The SMILES string of the molecule is O=C(CCc1cnn(-c2ccccc2)c1)NCc1ccc(C(F)(F)F)cc1. The number of hydrogen-bond acceptors (Lipinski definition) is 2. The average molecular weight is 373 g/mol. The molecule has 0 saturated heterocycles. The number of hydrogen-bond donors (Lipinski definition) is 1. The van der Waals surface area contributed by atoms with E-state index in [2.05, 4.69) is 10.4 Å². The van der Waals surface area contributed by atoms with Crippen LogP contribution in [0.1, 0.15) is 23.1 Å². The van der Waals surface area contributed by atoms with E-state index >= 15 is 0 Å². The van der Waals surface area contributed by atoms with E-state index in [1.807, 2.05) is 36.5 Å². The fourth-order valence-corrected chi connectivity index (χ4v) is 2.57. The van der Waals surface area contributed by atoms with Crippen LogP contribution in [0.25, 0.3) is 5.69 Å². The number of alkyl halides is 3. The van der Waals surface area contributed by atoms with Gasteiger partial charge in [-0.25, -0.2) is 4.68 Å². The highest BCUT2D eigenvalue weighted by Gasteiger charge is 2.29. The number of aryl methyl sites for hydroxylation is 1. The average Bonchev–Trinajstić information content (AvgIpc) is 3.14. The first-order valence-corrected chi connectivity index (χ1v) is 8.43. The molecule has 4 nitrogen and oxygen atoms in total. The van der Waals surface area contributed by atoms with Crippen LogP contribution in [-0.4, -0.2) is 15.7 Å². The summed E-state index contributed by atoms with van der Waals surface area (Å²) in [5.74, 6) is -0.164. The molecule has 7 heteroatoms. The van der Waals surface area contributed by atoms with E-state index < -0.39 is 11.7 Å². The third kappa shape index (κ3) is 5.20. The molecular weight excluding hydrogens is 355 g/mol. The predicted molar refractivity (Wildman–Crippen MR) is 95.2 cm³/mol. The Morgan fingerprint density at radius 1 is 1.00 bits per heavy atom. The molecule has 1 N–H and O–H groups in total. The molecule has 0 aliphatic rings. The van der Waals surface area contributed by atoms with Gasteiger partial charge in [0.05, 0.1) is 17.4 Å². The van der Waals surface area contributed by atoms with Crippen molar-refractivity contribution in [3.05, 3.63) is 83.7 Å². The Morgan fingerprint density at radius 2 is 1.70 bits per heavy atom. The summed E-state index contributed by atoms with van der Waals surface area (Å²) in [6.45, 7) is 0.195. The normalized spacial score (nSPS) is 11.4. The van der Waals surface area contributed by atoms with E-state index in [-0.39, 0.29) is 18.9 Å². The molecular formula is C20H18F3N3O. The molecule has 2 aromatic carbocycles. The lowest BCUT2D eigenvalue weighted by molar-refractivity contribution is -0.137. The number of nitrogens with one attached hydrogen (secondary N) is 1. The number of carbonyl (C=O) groups is 1. The van der Waals surface area contributed by atoms with Crippen LogP contribution < -0.4 is 5.32 Å². The maximum Gasteiger partial charge on any atom is 0.416 e. The quantitative estimate of drug-likeness (QED) is 0.706. The minimum atomic E-state index is -4.36. The number of rotatable bonds is 6. The summed E-state index contributed by atoms with van der Waals surface area (Å²) in [4.78, 5) is 12.0. The Bertz CT molecular complexity index is 887. The summed E-state index contributed by atoms with van der Waals surface area (Å²) in [7, 11) is 0. The fourth-order valence-electron chi connectivity index (χ4n) is 2.57. The van der Waals surface area contributed by atoms with Gasteiger partial charge in [-0.3, -0.25) is 4.79 Å². The van der Waals surface area contributed by atoms with Gasteiger partial charge in [0.15, 0.2) is 0 Å². The number of para-hydroxylation sites is 1. The molecule has 0 unspecified atom stereocenters. The molecule has 0 saturated carbocycles. The summed E-state index contributed by atoms with van der Waals surface area (Å²) >= 11 is 0. The first kappa shape index (κ1) is 18.7. The van der Waals surface area contributed by atoms with E-state index in [0.717, 1.165) is 23.4 Å². The minimum Gasteiger partial charge on any atom is -0.352 e. The summed E-state index contributed by atoms with van der Waals surface area (Å²) < 4.78 is 39.3. The summed E-state index contributed by atoms with van der Waals surface area (Å²) in [5, 5.41) is 7.00. The van der Waals surface area contributed by atoms with Crippen molar-refractivity contribution in [1.82, 2.24) is 15.1 Å². The molecule has 0 fully saturated rings. The molecule has 0 aliphatic carbocycles. The van der Waals surface area contributed by atoms with Gasteiger partial charge in [-0.15, -0.1) is 0 Å². The molecule has 1 aromatic heterocycles. The molecule has 1 amide bonds. The largest absolute Gasteiger partial charge is 0.416 e. The highest BCUT2D eigenvalue weighted by Crippen LogP contribution is 2.29. The number of carbonyl (C=O) groups excluding carboxylic acids is 1. The van der Waals surface area contributed by atoms with Crippen LogP contribution in [0.5, 0.6) is 0 Å². The Balaban J connectivity index is 1.47. The van der Waals surface area contributed by atoms with Crippen molar-refractivity contribution in [3.63, 3.8) is 0 Å². The Hall–Kier alpha value is -3.09.